The number of pyridine rings is 1. The highest BCUT2D eigenvalue weighted by atomic mass is 16.1. The average Bonchev–Trinajstić information content (AvgIpc) is 2.80. The first kappa shape index (κ1) is 21.6. The minimum atomic E-state index is -0.196. The Morgan fingerprint density at radius 1 is 1.06 bits per heavy atom. The number of amides is 1. The molecule has 2 aromatic heterocycles. The highest BCUT2D eigenvalue weighted by molar-refractivity contribution is 6.05. The molecule has 9 heteroatoms. The number of nitrogens with one attached hydrogen (secondary N) is 2. The van der Waals surface area contributed by atoms with Crippen molar-refractivity contribution in [3.63, 3.8) is 0 Å². The van der Waals surface area contributed by atoms with Crippen molar-refractivity contribution in [2.24, 2.45) is 0 Å². The van der Waals surface area contributed by atoms with Gasteiger partial charge in [0.05, 0.1) is 5.56 Å². The number of para-hydroxylation sites is 1. The fraction of sp³-hybridized carbons (Fsp3) is 0.348. The summed E-state index contributed by atoms with van der Waals surface area (Å²) >= 11 is 0. The maximum absolute atomic E-state index is 12.6. The van der Waals surface area contributed by atoms with E-state index in [4.69, 9.17) is 0 Å². The van der Waals surface area contributed by atoms with Gasteiger partial charge in [-0.3, -0.25) is 4.79 Å². The minimum absolute atomic E-state index is 0.196. The number of benzene rings is 1. The summed E-state index contributed by atoms with van der Waals surface area (Å²) in [5.74, 6) is 2.25. The van der Waals surface area contributed by atoms with Gasteiger partial charge in [-0.15, -0.1) is 0 Å². The Bertz CT molecular complexity index is 1080. The molecule has 2 N–H and O–H groups in total. The van der Waals surface area contributed by atoms with E-state index >= 15 is 0 Å². The summed E-state index contributed by atoms with van der Waals surface area (Å²) in [6, 6.07) is 11.2. The van der Waals surface area contributed by atoms with Crippen LogP contribution in [0, 0.1) is 6.92 Å². The summed E-state index contributed by atoms with van der Waals surface area (Å²) in [5, 5.41) is 6.07. The number of piperazine rings is 1. The zero-order valence-electron chi connectivity index (χ0n) is 18.7. The van der Waals surface area contributed by atoms with E-state index in [1.807, 2.05) is 50.2 Å². The molecule has 4 rings (SSSR count). The van der Waals surface area contributed by atoms with Gasteiger partial charge >= 0.3 is 0 Å². The van der Waals surface area contributed by atoms with E-state index in [-0.39, 0.29) is 5.91 Å². The Kier molecular flexibility index (Phi) is 6.55. The number of hydrogen-bond donors (Lipinski definition) is 2. The minimum Gasteiger partial charge on any atom is -0.338 e. The van der Waals surface area contributed by atoms with Crippen molar-refractivity contribution in [3.05, 3.63) is 59.5 Å². The Labute approximate surface area is 187 Å². The Hall–Kier alpha value is -3.59. The van der Waals surface area contributed by atoms with E-state index in [1.54, 1.807) is 6.20 Å². The van der Waals surface area contributed by atoms with Crippen LogP contribution in [0.4, 0.5) is 23.4 Å². The molecule has 166 valence electrons. The first-order chi connectivity index (χ1) is 15.5. The van der Waals surface area contributed by atoms with Gasteiger partial charge in [0.1, 0.15) is 11.6 Å². The molecule has 0 spiro atoms. The number of aryl methyl sites for hydroxylation is 2. The highest BCUT2D eigenvalue weighted by Gasteiger charge is 2.19. The van der Waals surface area contributed by atoms with Gasteiger partial charge in [0.15, 0.2) is 0 Å². The molecule has 1 aliphatic heterocycles. The normalized spacial score (nSPS) is 14.3. The Morgan fingerprint density at radius 2 is 1.81 bits per heavy atom. The summed E-state index contributed by atoms with van der Waals surface area (Å²) in [4.78, 5) is 35.2. The summed E-state index contributed by atoms with van der Waals surface area (Å²) in [7, 11) is 2.12. The summed E-state index contributed by atoms with van der Waals surface area (Å²) in [6.45, 7) is 7.62. The molecule has 32 heavy (non-hydrogen) atoms. The van der Waals surface area contributed by atoms with Crippen LogP contribution in [-0.2, 0) is 6.42 Å². The first-order valence-electron chi connectivity index (χ1n) is 10.8. The lowest BCUT2D eigenvalue weighted by Gasteiger charge is -2.32. The molecule has 1 fully saturated rings. The molecule has 3 heterocycles. The molecule has 0 bridgehead atoms. The summed E-state index contributed by atoms with van der Waals surface area (Å²) < 4.78 is 0. The zero-order chi connectivity index (χ0) is 22.5. The number of aromatic nitrogens is 4. The van der Waals surface area contributed by atoms with Gasteiger partial charge < -0.3 is 20.4 Å². The fourth-order valence-electron chi connectivity index (χ4n) is 3.47. The third-order valence-corrected chi connectivity index (χ3v) is 5.40. The van der Waals surface area contributed by atoms with Gasteiger partial charge in [-0.2, -0.15) is 15.0 Å². The molecule has 0 unspecified atom stereocenters. The third kappa shape index (κ3) is 5.17. The molecular formula is C23H28N8O. The van der Waals surface area contributed by atoms with Crippen LogP contribution in [0.25, 0.3) is 0 Å². The highest BCUT2D eigenvalue weighted by Crippen LogP contribution is 2.19. The lowest BCUT2D eigenvalue weighted by molar-refractivity contribution is 0.102. The van der Waals surface area contributed by atoms with Crippen molar-refractivity contribution in [2.45, 2.75) is 20.3 Å². The lowest BCUT2D eigenvalue weighted by atomic mass is 10.1. The van der Waals surface area contributed by atoms with Gasteiger partial charge in [-0.1, -0.05) is 25.1 Å². The van der Waals surface area contributed by atoms with Crippen molar-refractivity contribution in [1.29, 1.82) is 0 Å². The fourth-order valence-corrected chi connectivity index (χ4v) is 3.47. The molecule has 0 aliphatic carbocycles. The van der Waals surface area contributed by atoms with E-state index in [0.717, 1.165) is 43.3 Å². The molecule has 0 saturated carbocycles. The molecule has 0 radical (unpaired) electrons. The molecule has 0 atom stereocenters. The quantitative estimate of drug-likeness (QED) is 0.613. The number of carbonyl (C=O) groups is 1. The second-order valence-electron chi connectivity index (χ2n) is 7.85. The Morgan fingerprint density at radius 3 is 2.50 bits per heavy atom. The van der Waals surface area contributed by atoms with Gasteiger partial charge in [-0.05, 0) is 37.7 Å². The number of nitrogens with zero attached hydrogens (tertiary/aromatic N) is 6. The van der Waals surface area contributed by atoms with E-state index in [0.29, 0.717) is 29.7 Å². The number of likely N-dealkylation sites (N-methyl/N-ethyl adjacent to an activating group) is 1. The average molecular weight is 433 g/mol. The molecule has 3 aromatic rings. The molecule has 1 saturated heterocycles. The number of carbonyl (C=O) groups excluding carboxylic acids is 1. The maximum atomic E-state index is 12.6. The number of rotatable bonds is 6. The second-order valence-corrected chi connectivity index (χ2v) is 7.85. The molecule has 1 amide bonds. The van der Waals surface area contributed by atoms with Crippen LogP contribution < -0.4 is 15.5 Å². The smallest absolute Gasteiger partial charge is 0.257 e. The molecular weight excluding hydrogens is 404 g/mol. The molecule has 1 aliphatic rings. The third-order valence-electron chi connectivity index (χ3n) is 5.40. The van der Waals surface area contributed by atoms with Gasteiger partial charge in [-0.25, -0.2) is 4.98 Å². The molecule has 9 nitrogen and oxygen atoms in total. The van der Waals surface area contributed by atoms with Crippen molar-refractivity contribution in [1.82, 2.24) is 24.8 Å². The van der Waals surface area contributed by atoms with Crippen molar-refractivity contribution < 1.29 is 4.79 Å². The summed E-state index contributed by atoms with van der Waals surface area (Å²) in [5.41, 5.74) is 2.07. The van der Waals surface area contributed by atoms with Crippen LogP contribution in [0.2, 0.25) is 0 Å². The lowest BCUT2D eigenvalue weighted by Crippen LogP contribution is -2.45. The number of anilines is 4. The van der Waals surface area contributed by atoms with Gasteiger partial charge in [0, 0.05) is 44.5 Å². The van der Waals surface area contributed by atoms with E-state index < -0.39 is 0 Å². The standard InChI is InChI=1S/C23H28N8O/c1-4-19-26-22(29-23(28-19)31-12-10-30(3)11-13-31)27-20-14-16(2)18(15-24-20)21(32)25-17-8-6-5-7-9-17/h5-9,14-15H,4,10-13H2,1-3H3,(H,25,32)(H,24,26,27,28,29). The van der Waals surface area contributed by atoms with Crippen molar-refractivity contribution in [3.8, 4) is 0 Å². The van der Waals surface area contributed by atoms with Gasteiger partial charge in [0.25, 0.3) is 5.91 Å². The Balaban J connectivity index is 1.50. The largest absolute Gasteiger partial charge is 0.338 e. The van der Waals surface area contributed by atoms with E-state index in [2.05, 4.69) is 47.4 Å². The SMILES string of the molecule is CCc1nc(Nc2cc(C)c(C(=O)Nc3ccccc3)cn2)nc(N2CCN(C)CC2)n1. The van der Waals surface area contributed by atoms with Crippen LogP contribution in [0.1, 0.15) is 28.7 Å². The predicted octanol–water partition coefficient (Wildman–Crippen LogP) is 2.89. The van der Waals surface area contributed by atoms with Crippen molar-refractivity contribution >= 4 is 29.3 Å². The van der Waals surface area contributed by atoms with E-state index in [9.17, 15) is 4.79 Å². The van der Waals surface area contributed by atoms with Crippen molar-refractivity contribution in [2.75, 3.05) is 48.8 Å². The maximum Gasteiger partial charge on any atom is 0.257 e. The topological polar surface area (TPSA) is 99.2 Å². The molecule has 1 aromatic carbocycles. The first-order valence-corrected chi connectivity index (χ1v) is 10.8. The van der Waals surface area contributed by atoms with Gasteiger partial charge in [0.2, 0.25) is 11.9 Å². The van der Waals surface area contributed by atoms with Crippen LogP contribution in [0.5, 0.6) is 0 Å². The number of hydrogen-bond acceptors (Lipinski definition) is 8. The van der Waals surface area contributed by atoms with Crippen LogP contribution in [-0.4, -0.2) is 64.0 Å². The van der Waals surface area contributed by atoms with Crippen LogP contribution >= 0.6 is 0 Å². The zero-order valence-corrected chi connectivity index (χ0v) is 18.7. The second kappa shape index (κ2) is 9.69. The monoisotopic (exact) mass is 432 g/mol. The van der Waals surface area contributed by atoms with E-state index in [1.165, 1.54) is 0 Å². The van der Waals surface area contributed by atoms with Crippen LogP contribution in [0.15, 0.2) is 42.6 Å². The predicted molar refractivity (Wildman–Crippen MR) is 126 cm³/mol. The van der Waals surface area contributed by atoms with Crippen LogP contribution in [0.3, 0.4) is 0 Å². The summed E-state index contributed by atoms with van der Waals surface area (Å²) in [6.07, 6.45) is 2.28.